The zero-order valence-corrected chi connectivity index (χ0v) is 15.1. The third-order valence-corrected chi connectivity index (χ3v) is 5.34. The predicted octanol–water partition coefficient (Wildman–Crippen LogP) is 3.63. The van der Waals surface area contributed by atoms with Gasteiger partial charge in [0.2, 0.25) is 0 Å². The van der Waals surface area contributed by atoms with Crippen molar-refractivity contribution in [2.24, 2.45) is 4.99 Å². The maximum Gasteiger partial charge on any atom is 0.191 e. The molecule has 0 bridgehead atoms. The minimum absolute atomic E-state index is 0.420. The maximum atomic E-state index is 6.07. The van der Waals surface area contributed by atoms with Crippen LogP contribution in [0.4, 0.5) is 0 Å². The number of hydrogen-bond donors (Lipinski definition) is 2. The molecular formula is C17H21ClN4S. The number of halogens is 1. The fourth-order valence-electron chi connectivity index (χ4n) is 2.73. The standard InChI is InChI=1S/C17H21ClN4S/c1-10-16(23-11(2)21-10)9-20-17(19-3)22-15-8-14(15)12-5-4-6-13(18)7-12/h4-7,14-15H,8-9H2,1-3H3,(H2,19,20,22). The lowest BCUT2D eigenvalue weighted by Gasteiger charge is -2.11. The topological polar surface area (TPSA) is 49.3 Å². The Kier molecular flexibility index (Phi) is 4.87. The first kappa shape index (κ1) is 16.3. The molecule has 2 atom stereocenters. The summed E-state index contributed by atoms with van der Waals surface area (Å²) in [6, 6.07) is 8.53. The summed E-state index contributed by atoms with van der Waals surface area (Å²) in [6.07, 6.45) is 1.11. The summed E-state index contributed by atoms with van der Waals surface area (Å²) in [6.45, 7) is 4.84. The average molecular weight is 349 g/mol. The molecule has 23 heavy (non-hydrogen) atoms. The number of aliphatic imine (C=N–C) groups is 1. The second-order valence-corrected chi connectivity index (χ2v) is 7.54. The molecule has 0 spiro atoms. The summed E-state index contributed by atoms with van der Waals surface area (Å²) >= 11 is 7.80. The third kappa shape index (κ3) is 4.03. The molecule has 1 aliphatic carbocycles. The van der Waals surface area contributed by atoms with E-state index in [-0.39, 0.29) is 0 Å². The van der Waals surface area contributed by atoms with Crippen LogP contribution in [-0.4, -0.2) is 24.0 Å². The van der Waals surface area contributed by atoms with Gasteiger partial charge in [0.15, 0.2) is 5.96 Å². The van der Waals surface area contributed by atoms with Crippen LogP contribution in [0.1, 0.15) is 33.5 Å². The van der Waals surface area contributed by atoms with Crippen LogP contribution in [-0.2, 0) is 6.54 Å². The molecule has 1 fully saturated rings. The molecule has 0 radical (unpaired) electrons. The van der Waals surface area contributed by atoms with E-state index in [1.54, 1.807) is 18.4 Å². The minimum atomic E-state index is 0.420. The molecule has 1 saturated carbocycles. The fourth-order valence-corrected chi connectivity index (χ4v) is 3.81. The van der Waals surface area contributed by atoms with E-state index in [0.29, 0.717) is 12.0 Å². The molecule has 3 rings (SSSR count). The van der Waals surface area contributed by atoms with E-state index < -0.39 is 0 Å². The van der Waals surface area contributed by atoms with Crippen molar-refractivity contribution >= 4 is 28.9 Å². The fraction of sp³-hybridized carbons (Fsp3) is 0.412. The zero-order chi connectivity index (χ0) is 16.4. The predicted molar refractivity (Wildman–Crippen MR) is 97.5 cm³/mol. The molecule has 2 N–H and O–H groups in total. The van der Waals surface area contributed by atoms with Gasteiger partial charge in [0, 0.05) is 28.9 Å². The summed E-state index contributed by atoms with van der Waals surface area (Å²) in [4.78, 5) is 10.0. The van der Waals surface area contributed by atoms with Gasteiger partial charge in [-0.05, 0) is 38.0 Å². The van der Waals surface area contributed by atoms with Crippen molar-refractivity contribution < 1.29 is 0 Å². The first-order valence-electron chi connectivity index (χ1n) is 7.72. The largest absolute Gasteiger partial charge is 0.353 e. The van der Waals surface area contributed by atoms with Gasteiger partial charge in [0.05, 0.1) is 17.2 Å². The van der Waals surface area contributed by atoms with Crippen LogP contribution in [0.25, 0.3) is 0 Å². The van der Waals surface area contributed by atoms with E-state index >= 15 is 0 Å². The van der Waals surface area contributed by atoms with E-state index in [4.69, 9.17) is 11.6 Å². The Labute approximate surface area is 146 Å². The number of hydrogen-bond acceptors (Lipinski definition) is 3. The van der Waals surface area contributed by atoms with Crippen LogP contribution in [0, 0.1) is 13.8 Å². The van der Waals surface area contributed by atoms with Gasteiger partial charge in [-0.25, -0.2) is 4.98 Å². The van der Waals surface area contributed by atoms with E-state index in [0.717, 1.165) is 34.6 Å². The molecule has 1 heterocycles. The third-order valence-electron chi connectivity index (χ3n) is 4.03. The van der Waals surface area contributed by atoms with Gasteiger partial charge in [0.25, 0.3) is 0 Å². The molecule has 2 unspecified atom stereocenters. The second-order valence-electron chi connectivity index (χ2n) is 5.82. The summed E-state index contributed by atoms with van der Waals surface area (Å²) in [5, 5.41) is 8.76. The summed E-state index contributed by atoms with van der Waals surface area (Å²) in [7, 11) is 1.80. The van der Waals surface area contributed by atoms with Gasteiger partial charge in [-0.15, -0.1) is 11.3 Å². The van der Waals surface area contributed by atoms with E-state index in [2.05, 4.69) is 26.7 Å². The van der Waals surface area contributed by atoms with Crippen molar-refractivity contribution in [1.82, 2.24) is 15.6 Å². The lowest BCUT2D eigenvalue weighted by atomic mass is 10.1. The number of nitrogens with zero attached hydrogens (tertiary/aromatic N) is 2. The van der Waals surface area contributed by atoms with E-state index in [9.17, 15) is 0 Å². The Morgan fingerprint density at radius 3 is 2.91 bits per heavy atom. The Morgan fingerprint density at radius 2 is 2.26 bits per heavy atom. The Hall–Kier alpha value is -1.59. The van der Waals surface area contributed by atoms with Crippen molar-refractivity contribution in [3.8, 4) is 0 Å². The molecule has 1 aromatic carbocycles. The maximum absolute atomic E-state index is 6.07. The Balaban J connectivity index is 1.54. The van der Waals surface area contributed by atoms with Crippen molar-refractivity contribution in [2.45, 2.75) is 38.8 Å². The average Bonchev–Trinajstić information content (AvgIpc) is 3.21. The SMILES string of the molecule is CN=C(NCc1sc(C)nc1C)NC1CC1c1cccc(Cl)c1. The molecule has 0 saturated heterocycles. The second kappa shape index (κ2) is 6.89. The smallest absolute Gasteiger partial charge is 0.191 e. The monoisotopic (exact) mass is 348 g/mol. The number of benzene rings is 1. The number of guanidine groups is 1. The molecule has 122 valence electrons. The Morgan fingerprint density at radius 1 is 1.43 bits per heavy atom. The number of thiazole rings is 1. The molecule has 6 heteroatoms. The van der Waals surface area contributed by atoms with Gasteiger partial charge in [-0.2, -0.15) is 0 Å². The highest BCUT2D eigenvalue weighted by molar-refractivity contribution is 7.11. The highest BCUT2D eigenvalue weighted by Gasteiger charge is 2.39. The molecule has 0 amide bonds. The lowest BCUT2D eigenvalue weighted by molar-refractivity contribution is 0.792. The van der Waals surface area contributed by atoms with Crippen LogP contribution >= 0.6 is 22.9 Å². The van der Waals surface area contributed by atoms with Gasteiger partial charge in [0.1, 0.15) is 0 Å². The summed E-state index contributed by atoms with van der Waals surface area (Å²) in [5.74, 6) is 1.35. The van der Waals surface area contributed by atoms with Crippen LogP contribution in [0.5, 0.6) is 0 Å². The highest BCUT2D eigenvalue weighted by atomic mass is 35.5. The number of rotatable bonds is 4. The van der Waals surface area contributed by atoms with Gasteiger partial charge >= 0.3 is 0 Å². The zero-order valence-electron chi connectivity index (χ0n) is 13.6. The van der Waals surface area contributed by atoms with Crippen LogP contribution in [0.3, 0.4) is 0 Å². The van der Waals surface area contributed by atoms with Crippen LogP contribution in [0.15, 0.2) is 29.3 Å². The van der Waals surface area contributed by atoms with Crippen molar-refractivity contribution in [1.29, 1.82) is 0 Å². The molecule has 1 aromatic heterocycles. The quantitative estimate of drug-likeness (QED) is 0.655. The van der Waals surface area contributed by atoms with Crippen LogP contribution in [0.2, 0.25) is 5.02 Å². The summed E-state index contributed by atoms with van der Waals surface area (Å²) in [5.41, 5.74) is 2.39. The highest BCUT2D eigenvalue weighted by Crippen LogP contribution is 2.41. The molecule has 0 aliphatic heterocycles. The van der Waals surface area contributed by atoms with E-state index in [1.807, 2.05) is 32.0 Å². The van der Waals surface area contributed by atoms with Gasteiger partial charge in [-0.1, -0.05) is 23.7 Å². The molecule has 1 aliphatic rings. The first-order chi connectivity index (χ1) is 11.1. The normalized spacial score (nSPS) is 20.4. The first-order valence-corrected chi connectivity index (χ1v) is 8.92. The number of aromatic nitrogens is 1. The van der Waals surface area contributed by atoms with Gasteiger partial charge in [-0.3, -0.25) is 4.99 Å². The summed E-state index contributed by atoms with van der Waals surface area (Å²) < 4.78 is 0. The van der Waals surface area contributed by atoms with Crippen LogP contribution < -0.4 is 10.6 Å². The lowest BCUT2D eigenvalue weighted by Crippen LogP contribution is -2.38. The molecule has 4 nitrogen and oxygen atoms in total. The van der Waals surface area contributed by atoms with Crippen molar-refractivity contribution in [3.63, 3.8) is 0 Å². The number of nitrogens with one attached hydrogen (secondary N) is 2. The van der Waals surface area contributed by atoms with Crippen molar-refractivity contribution in [3.05, 3.63) is 50.4 Å². The molecular weight excluding hydrogens is 328 g/mol. The van der Waals surface area contributed by atoms with Crippen molar-refractivity contribution in [2.75, 3.05) is 7.05 Å². The Bertz CT molecular complexity index is 725. The molecule has 2 aromatic rings. The number of aryl methyl sites for hydroxylation is 2. The van der Waals surface area contributed by atoms with E-state index in [1.165, 1.54) is 10.4 Å². The minimum Gasteiger partial charge on any atom is -0.353 e. The van der Waals surface area contributed by atoms with Gasteiger partial charge < -0.3 is 10.6 Å².